The first-order chi connectivity index (χ1) is 11.5. The summed E-state index contributed by atoms with van der Waals surface area (Å²) in [5.41, 5.74) is 2.02. The zero-order valence-electron chi connectivity index (χ0n) is 13.1. The monoisotopic (exact) mass is 340 g/mol. The maximum Gasteiger partial charge on any atom is 0.240 e. The molecule has 0 atom stereocenters. The number of aromatic nitrogens is 1. The smallest absolute Gasteiger partial charge is 0.240 e. The highest BCUT2D eigenvalue weighted by Crippen LogP contribution is 2.17. The number of fused-ring (bicyclic) bond motifs is 1. The van der Waals surface area contributed by atoms with Crippen molar-refractivity contribution in [1.29, 1.82) is 0 Å². The van der Waals surface area contributed by atoms with E-state index in [4.69, 9.17) is 0 Å². The molecule has 122 valence electrons. The molecule has 24 heavy (non-hydrogen) atoms. The van der Waals surface area contributed by atoms with Crippen molar-refractivity contribution in [3.05, 3.63) is 71.9 Å². The molecule has 0 amide bonds. The number of rotatable bonds is 5. The number of carbonyl (C=O) groups excluding carboxylic acids is 1. The SMILES string of the molecule is CC(=O)c1cccc(S(=O)(=O)NCc2ccnc3ccccc23)c1. The summed E-state index contributed by atoms with van der Waals surface area (Å²) in [5, 5.41) is 0.903. The Hall–Kier alpha value is -2.57. The fourth-order valence-electron chi connectivity index (χ4n) is 2.45. The Morgan fingerprint density at radius 3 is 2.67 bits per heavy atom. The van der Waals surface area contributed by atoms with E-state index in [-0.39, 0.29) is 17.2 Å². The quantitative estimate of drug-likeness (QED) is 0.725. The average Bonchev–Trinajstić information content (AvgIpc) is 2.60. The van der Waals surface area contributed by atoms with Crippen molar-refractivity contribution in [1.82, 2.24) is 9.71 Å². The molecule has 1 heterocycles. The molecule has 0 radical (unpaired) electrons. The van der Waals surface area contributed by atoms with E-state index in [0.717, 1.165) is 16.5 Å². The minimum absolute atomic E-state index is 0.0774. The molecule has 1 aromatic heterocycles. The van der Waals surface area contributed by atoms with Gasteiger partial charge in [-0.3, -0.25) is 9.78 Å². The number of benzene rings is 2. The van der Waals surface area contributed by atoms with Crippen LogP contribution in [0.25, 0.3) is 10.9 Å². The average molecular weight is 340 g/mol. The number of ketones is 1. The first-order valence-electron chi connectivity index (χ1n) is 7.41. The van der Waals surface area contributed by atoms with E-state index in [2.05, 4.69) is 9.71 Å². The first-order valence-corrected chi connectivity index (χ1v) is 8.89. The lowest BCUT2D eigenvalue weighted by atomic mass is 10.1. The Morgan fingerprint density at radius 2 is 1.88 bits per heavy atom. The van der Waals surface area contributed by atoms with Crippen molar-refractivity contribution in [3.63, 3.8) is 0 Å². The van der Waals surface area contributed by atoms with Gasteiger partial charge in [0.05, 0.1) is 10.4 Å². The van der Waals surface area contributed by atoms with Crippen LogP contribution >= 0.6 is 0 Å². The Kier molecular flexibility index (Phi) is 4.42. The lowest BCUT2D eigenvalue weighted by molar-refractivity contribution is 0.101. The van der Waals surface area contributed by atoms with Crippen molar-refractivity contribution in [3.8, 4) is 0 Å². The molecule has 0 saturated heterocycles. The van der Waals surface area contributed by atoms with Crippen molar-refractivity contribution >= 4 is 26.7 Å². The van der Waals surface area contributed by atoms with E-state index in [1.165, 1.54) is 19.1 Å². The van der Waals surface area contributed by atoms with Gasteiger partial charge < -0.3 is 0 Å². The number of carbonyl (C=O) groups is 1. The van der Waals surface area contributed by atoms with Crippen molar-refractivity contribution in [2.24, 2.45) is 0 Å². The Balaban J connectivity index is 1.87. The number of hydrogen-bond acceptors (Lipinski definition) is 4. The molecule has 0 aliphatic heterocycles. The molecule has 5 nitrogen and oxygen atoms in total. The van der Waals surface area contributed by atoms with Gasteiger partial charge >= 0.3 is 0 Å². The summed E-state index contributed by atoms with van der Waals surface area (Å²) in [7, 11) is -3.71. The van der Waals surface area contributed by atoms with Crippen molar-refractivity contribution in [2.45, 2.75) is 18.4 Å². The molecule has 0 spiro atoms. The second kappa shape index (κ2) is 6.51. The third-order valence-electron chi connectivity index (χ3n) is 3.74. The molecule has 6 heteroatoms. The van der Waals surface area contributed by atoms with Gasteiger partial charge in [-0.1, -0.05) is 30.3 Å². The Labute approximate surface area is 140 Å². The molecule has 0 fully saturated rings. The van der Waals surface area contributed by atoms with Gasteiger partial charge in [0.1, 0.15) is 0 Å². The maximum atomic E-state index is 12.5. The summed E-state index contributed by atoms with van der Waals surface area (Å²) < 4.78 is 27.5. The first kappa shape index (κ1) is 16.3. The van der Waals surface area contributed by atoms with Crippen molar-refractivity contribution < 1.29 is 13.2 Å². The summed E-state index contributed by atoms with van der Waals surface area (Å²) in [6, 6.07) is 15.4. The van der Waals surface area contributed by atoms with Crippen LogP contribution in [0.4, 0.5) is 0 Å². The van der Waals surface area contributed by atoms with Crippen LogP contribution in [0.15, 0.2) is 65.7 Å². The predicted molar refractivity (Wildman–Crippen MR) is 92.2 cm³/mol. The maximum absolute atomic E-state index is 12.5. The van der Waals surface area contributed by atoms with Crippen LogP contribution in [0, 0.1) is 0 Å². The van der Waals surface area contributed by atoms with Crippen LogP contribution in [0.3, 0.4) is 0 Å². The third kappa shape index (κ3) is 3.34. The molecule has 0 bridgehead atoms. The third-order valence-corrected chi connectivity index (χ3v) is 5.14. The largest absolute Gasteiger partial charge is 0.295 e. The van der Waals surface area contributed by atoms with Crippen molar-refractivity contribution in [2.75, 3.05) is 0 Å². The van der Waals surface area contributed by atoms with Gasteiger partial charge in [-0.2, -0.15) is 0 Å². The summed E-state index contributed by atoms with van der Waals surface area (Å²) in [5.74, 6) is -0.174. The fraction of sp³-hybridized carbons (Fsp3) is 0.111. The Bertz CT molecular complexity index is 1010. The summed E-state index contributed by atoms with van der Waals surface area (Å²) >= 11 is 0. The van der Waals surface area contributed by atoms with Gasteiger partial charge in [0.15, 0.2) is 5.78 Å². The highest BCUT2D eigenvalue weighted by atomic mass is 32.2. The molecule has 0 aliphatic carbocycles. The molecule has 0 aliphatic rings. The number of hydrogen-bond donors (Lipinski definition) is 1. The van der Waals surface area contributed by atoms with Crippen LogP contribution in [0.2, 0.25) is 0 Å². The van der Waals surface area contributed by atoms with E-state index in [1.54, 1.807) is 24.4 Å². The molecule has 0 unspecified atom stereocenters. The number of nitrogens with one attached hydrogen (secondary N) is 1. The van der Waals surface area contributed by atoms with Crippen LogP contribution in [0.5, 0.6) is 0 Å². The number of sulfonamides is 1. The number of nitrogens with zero attached hydrogens (tertiary/aromatic N) is 1. The van der Waals surface area contributed by atoms with Gasteiger partial charge in [-0.25, -0.2) is 13.1 Å². The van der Waals surface area contributed by atoms with E-state index >= 15 is 0 Å². The minimum atomic E-state index is -3.71. The molecule has 0 saturated carbocycles. The normalized spacial score (nSPS) is 11.5. The molecular formula is C18H16N2O3S. The van der Waals surface area contributed by atoms with Crippen LogP contribution in [0.1, 0.15) is 22.8 Å². The standard InChI is InChI=1S/C18H16N2O3S/c1-13(21)14-5-4-6-16(11-14)24(22,23)20-12-15-9-10-19-18-8-3-2-7-17(15)18/h2-11,20H,12H2,1H3. The summed E-state index contributed by atoms with van der Waals surface area (Å²) in [4.78, 5) is 15.8. The number of pyridine rings is 1. The number of Topliss-reactive ketones (excluding diaryl/α,β-unsaturated/α-hetero) is 1. The topological polar surface area (TPSA) is 76.1 Å². The molecule has 3 aromatic rings. The zero-order valence-corrected chi connectivity index (χ0v) is 13.9. The van der Waals surface area contributed by atoms with E-state index in [9.17, 15) is 13.2 Å². The lowest BCUT2D eigenvalue weighted by Crippen LogP contribution is -2.23. The van der Waals surface area contributed by atoms with Gasteiger partial charge in [-0.15, -0.1) is 0 Å². The molecular weight excluding hydrogens is 324 g/mol. The van der Waals surface area contributed by atoms with Gasteiger partial charge in [0.25, 0.3) is 0 Å². The second-order valence-electron chi connectivity index (χ2n) is 5.40. The fourth-order valence-corrected chi connectivity index (χ4v) is 3.50. The van der Waals surface area contributed by atoms with Crippen LogP contribution in [-0.2, 0) is 16.6 Å². The molecule has 2 aromatic carbocycles. The van der Waals surface area contributed by atoms with E-state index < -0.39 is 10.0 Å². The van der Waals surface area contributed by atoms with Gasteiger partial charge in [0, 0.05) is 23.7 Å². The van der Waals surface area contributed by atoms with E-state index in [0.29, 0.717) is 5.56 Å². The van der Waals surface area contributed by atoms with Gasteiger partial charge in [-0.05, 0) is 36.8 Å². The van der Waals surface area contributed by atoms with Crippen LogP contribution < -0.4 is 4.72 Å². The second-order valence-corrected chi connectivity index (χ2v) is 7.16. The molecule has 3 rings (SSSR count). The summed E-state index contributed by atoms with van der Waals surface area (Å²) in [6.45, 7) is 1.55. The Morgan fingerprint density at radius 1 is 1.08 bits per heavy atom. The highest BCUT2D eigenvalue weighted by Gasteiger charge is 2.15. The zero-order chi connectivity index (χ0) is 17.2. The minimum Gasteiger partial charge on any atom is -0.295 e. The lowest BCUT2D eigenvalue weighted by Gasteiger charge is -2.09. The predicted octanol–water partition coefficient (Wildman–Crippen LogP) is 2.92. The molecule has 1 N–H and O–H groups in total. The summed E-state index contributed by atoms with van der Waals surface area (Å²) in [6.07, 6.45) is 1.66. The highest BCUT2D eigenvalue weighted by molar-refractivity contribution is 7.89. The van der Waals surface area contributed by atoms with Crippen LogP contribution in [-0.4, -0.2) is 19.2 Å². The number of para-hydroxylation sites is 1. The van der Waals surface area contributed by atoms with Gasteiger partial charge in [0.2, 0.25) is 10.0 Å². The van der Waals surface area contributed by atoms with E-state index in [1.807, 2.05) is 24.3 Å².